The summed E-state index contributed by atoms with van der Waals surface area (Å²) in [6.45, 7) is 0.252. The topological polar surface area (TPSA) is 54.1 Å². The zero-order valence-electron chi connectivity index (χ0n) is 12.9. The number of halogens is 6. The van der Waals surface area contributed by atoms with Crippen LogP contribution in [0.3, 0.4) is 0 Å². The fraction of sp³-hybridized carbons (Fsp3) is 0.400. The van der Waals surface area contributed by atoms with Gasteiger partial charge in [-0.25, -0.2) is 0 Å². The van der Waals surface area contributed by atoms with Crippen molar-refractivity contribution in [1.82, 2.24) is 4.98 Å². The first-order valence-corrected chi connectivity index (χ1v) is 7.23. The first-order valence-electron chi connectivity index (χ1n) is 7.23. The number of benzene rings is 1. The number of hydrogen-bond acceptors (Lipinski definition) is 3. The minimum absolute atomic E-state index is 0.00374. The van der Waals surface area contributed by atoms with Crippen LogP contribution in [0.1, 0.15) is 18.9 Å². The van der Waals surface area contributed by atoms with E-state index in [1.165, 1.54) is 0 Å². The molecule has 0 fully saturated rings. The second-order valence-electron chi connectivity index (χ2n) is 5.23. The molecule has 2 N–H and O–H groups in total. The van der Waals surface area contributed by atoms with Crippen LogP contribution in [0.4, 0.5) is 32.0 Å². The van der Waals surface area contributed by atoms with E-state index < -0.39 is 35.4 Å². The monoisotopic (exact) mass is 368 g/mol. The Hall–Kier alpha value is -2.39. The molecule has 0 aliphatic carbocycles. The van der Waals surface area contributed by atoms with Crippen molar-refractivity contribution in [1.29, 1.82) is 0 Å². The highest BCUT2D eigenvalue weighted by Gasteiger charge is 2.35. The fourth-order valence-electron chi connectivity index (χ4n) is 2.24. The number of nitrogens with one attached hydrogen (secondary N) is 2. The minimum Gasteiger partial charge on any atom is -0.491 e. The largest absolute Gasteiger partial charge is 0.491 e. The average molecular weight is 368 g/mol. The van der Waals surface area contributed by atoms with Crippen LogP contribution in [0.5, 0.6) is 5.75 Å². The van der Waals surface area contributed by atoms with E-state index in [9.17, 15) is 31.1 Å². The highest BCUT2D eigenvalue weighted by Crippen LogP contribution is 2.41. The number of aromatic nitrogens is 1. The van der Waals surface area contributed by atoms with Gasteiger partial charge in [-0.2, -0.15) is 26.3 Å². The molecule has 0 bridgehead atoms. The molecule has 0 atom stereocenters. The molecule has 138 valence electrons. The Morgan fingerprint density at radius 2 is 1.84 bits per heavy atom. The van der Waals surface area contributed by atoms with Gasteiger partial charge in [-0.05, 0) is 18.6 Å². The van der Waals surface area contributed by atoms with Crippen LogP contribution < -0.4 is 15.6 Å². The van der Waals surface area contributed by atoms with Gasteiger partial charge in [-0.1, -0.05) is 6.92 Å². The van der Waals surface area contributed by atoms with Crippen LogP contribution >= 0.6 is 0 Å². The molecule has 0 aliphatic heterocycles. The summed E-state index contributed by atoms with van der Waals surface area (Å²) in [5.41, 5.74) is -2.66. The molecule has 0 amide bonds. The van der Waals surface area contributed by atoms with E-state index >= 15 is 0 Å². The maximum atomic E-state index is 13.3. The second kappa shape index (κ2) is 6.85. The third-order valence-electron chi connectivity index (χ3n) is 3.20. The normalized spacial score (nSPS) is 12.4. The second-order valence-corrected chi connectivity index (χ2v) is 5.23. The quantitative estimate of drug-likeness (QED) is 0.774. The van der Waals surface area contributed by atoms with Crippen molar-refractivity contribution in [2.75, 3.05) is 18.5 Å². The van der Waals surface area contributed by atoms with Gasteiger partial charge < -0.3 is 15.0 Å². The third kappa shape index (κ3) is 4.58. The maximum Gasteiger partial charge on any atom is 0.417 e. The first-order chi connectivity index (χ1) is 11.5. The zero-order chi connectivity index (χ0) is 18.8. The van der Waals surface area contributed by atoms with Crippen LogP contribution in [0.2, 0.25) is 0 Å². The molecule has 1 heterocycles. The lowest BCUT2D eigenvalue weighted by atomic mass is 10.1. The molecule has 25 heavy (non-hydrogen) atoms. The number of rotatable bonds is 5. The zero-order valence-corrected chi connectivity index (χ0v) is 12.9. The highest BCUT2D eigenvalue weighted by molar-refractivity contribution is 5.94. The number of anilines is 1. The van der Waals surface area contributed by atoms with Crippen molar-refractivity contribution in [3.05, 3.63) is 34.1 Å². The predicted octanol–water partition coefficient (Wildman–Crippen LogP) is 4.31. The molecule has 10 heteroatoms. The van der Waals surface area contributed by atoms with Gasteiger partial charge in [0.2, 0.25) is 5.56 Å². The van der Waals surface area contributed by atoms with Gasteiger partial charge >= 0.3 is 12.4 Å². The summed E-state index contributed by atoms with van der Waals surface area (Å²) in [6.07, 6.45) is -9.01. The van der Waals surface area contributed by atoms with Gasteiger partial charge in [0.15, 0.2) is 5.75 Å². The van der Waals surface area contributed by atoms with Gasteiger partial charge in [-0.3, -0.25) is 4.79 Å². The fourth-order valence-corrected chi connectivity index (χ4v) is 2.24. The SMILES string of the molecule is CCCOc1c(NCC(F)(F)F)ccc2[nH]c(=O)cc(C(F)(F)F)c12. The van der Waals surface area contributed by atoms with Gasteiger partial charge in [0.1, 0.15) is 6.54 Å². The maximum absolute atomic E-state index is 13.3. The molecule has 0 saturated carbocycles. The lowest BCUT2D eigenvalue weighted by Crippen LogP contribution is -2.22. The lowest BCUT2D eigenvalue weighted by molar-refractivity contribution is -0.136. The van der Waals surface area contributed by atoms with E-state index in [0.717, 1.165) is 12.1 Å². The molecule has 0 saturated heterocycles. The third-order valence-corrected chi connectivity index (χ3v) is 3.20. The Kier molecular flexibility index (Phi) is 5.19. The molecular formula is C15H14F6N2O2. The molecule has 0 aliphatic rings. The van der Waals surface area contributed by atoms with Gasteiger partial charge in [0.25, 0.3) is 0 Å². The van der Waals surface area contributed by atoms with Crippen molar-refractivity contribution in [3.8, 4) is 5.75 Å². The number of alkyl halides is 6. The first kappa shape index (κ1) is 18.9. The standard InChI is InChI=1S/C15H14F6N2O2/c1-2-5-25-13-10(22-7-14(16,17)18)4-3-9-12(13)8(15(19,20)21)6-11(24)23-9/h3-4,6,22H,2,5,7H2,1H3,(H,23,24). The van der Waals surface area contributed by atoms with E-state index in [4.69, 9.17) is 4.74 Å². The van der Waals surface area contributed by atoms with E-state index in [0.29, 0.717) is 12.5 Å². The smallest absolute Gasteiger partial charge is 0.417 e. The Morgan fingerprint density at radius 1 is 1.16 bits per heavy atom. The number of ether oxygens (including phenoxy) is 1. The number of fused-ring (bicyclic) bond motifs is 1. The summed E-state index contributed by atoms with van der Waals surface area (Å²) in [6, 6.07) is 2.59. The Labute approximate surface area is 137 Å². The average Bonchev–Trinajstić information content (AvgIpc) is 2.48. The number of aromatic amines is 1. The summed E-state index contributed by atoms with van der Waals surface area (Å²) in [5, 5.41) is 1.55. The Morgan fingerprint density at radius 3 is 2.40 bits per heavy atom. The summed E-state index contributed by atoms with van der Waals surface area (Å²) < 4.78 is 82.5. The highest BCUT2D eigenvalue weighted by atomic mass is 19.4. The molecule has 0 spiro atoms. The van der Waals surface area contributed by atoms with E-state index in [2.05, 4.69) is 4.98 Å². The van der Waals surface area contributed by atoms with E-state index in [1.54, 1.807) is 6.92 Å². The summed E-state index contributed by atoms with van der Waals surface area (Å²) in [4.78, 5) is 13.7. The van der Waals surface area contributed by atoms with Crippen LogP contribution in [0, 0.1) is 0 Å². The van der Waals surface area contributed by atoms with E-state index in [1.807, 2.05) is 5.32 Å². The molecule has 2 aromatic rings. The van der Waals surface area contributed by atoms with Crippen LogP contribution in [0.25, 0.3) is 10.9 Å². The molecule has 0 radical (unpaired) electrons. The summed E-state index contributed by atoms with van der Waals surface area (Å²) in [7, 11) is 0. The predicted molar refractivity (Wildman–Crippen MR) is 79.9 cm³/mol. The molecule has 0 unspecified atom stereocenters. The number of pyridine rings is 1. The number of hydrogen-bond donors (Lipinski definition) is 2. The lowest BCUT2D eigenvalue weighted by Gasteiger charge is -2.19. The van der Waals surface area contributed by atoms with Crippen molar-refractivity contribution in [2.45, 2.75) is 25.7 Å². The van der Waals surface area contributed by atoms with Gasteiger partial charge in [0.05, 0.1) is 28.8 Å². The minimum atomic E-state index is -4.88. The molecule has 4 nitrogen and oxygen atoms in total. The molecule has 2 rings (SSSR count). The van der Waals surface area contributed by atoms with Crippen LogP contribution in [-0.2, 0) is 6.18 Å². The van der Waals surface area contributed by atoms with Crippen LogP contribution in [-0.4, -0.2) is 24.3 Å². The summed E-state index contributed by atoms with van der Waals surface area (Å²) in [5.74, 6) is -0.382. The van der Waals surface area contributed by atoms with Crippen molar-refractivity contribution >= 4 is 16.6 Å². The number of H-pyrrole nitrogens is 1. The molecule has 1 aromatic carbocycles. The van der Waals surface area contributed by atoms with Gasteiger partial charge in [0, 0.05) is 6.07 Å². The Balaban J connectivity index is 2.70. The molecule has 1 aromatic heterocycles. The van der Waals surface area contributed by atoms with Crippen LogP contribution in [0.15, 0.2) is 23.0 Å². The van der Waals surface area contributed by atoms with Crippen molar-refractivity contribution < 1.29 is 31.1 Å². The Bertz CT molecular complexity index is 810. The van der Waals surface area contributed by atoms with Crippen molar-refractivity contribution in [3.63, 3.8) is 0 Å². The van der Waals surface area contributed by atoms with E-state index in [-0.39, 0.29) is 23.6 Å². The molecular weight excluding hydrogens is 354 g/mol. The summed E-state index contributed by atoms with van der Waals surface area (Å²) >= 11 is 0. The van der Waals surface area contributed by atoms with Crippen molar-refractivity contribution in [2.24, 2.45) is 0 Å². The van der Waals surface area contributed by atoms with Gasteiger partial charge in [-0.15, -0.1) is 0 Å².